The lowest BCUT2D eigenvalue weighted by Gasteiger charge is -2.37. The fourth-order valence-electron chi connectivity index (χ4n) is 3.66. The van der Waals surface area contributed by atoms with E-state index in [2.05, 4.69) is 54.4 Å². The summed E-state index contributed by atoms with van der Waals surface area (Å²) in [7, 11) is 0. The molecule has 2 aromatic carbocycles. The SMILES string of the molecule is C=C1c2cc(C(=O)O)ccc2NC(c2ccccc2)C1CCCC.C=CCOC(C)=O. The standard InChI is InChI=1S/C21H23NO2.C5H8O2/c1-3-4-10-17-14(2)18-13-16(21(23)24)11-12-19(18)22-20(17)15-8-6-5-7-9-15;1-3-4-7-5(2)6/h5-9,11-13,17,20,22H,2-4,10H2,1H3,(H,23,24);3H,1,4H2,2H3. The molecule has 2 unspecified atom stereocenters. The number of ether oxygens (including phenoxy) is 1. The number of carboxylic acid groups (broad SMARTS) is 1. The molecular weight excluding hydrogens is 390 g/mol. The molecule has 0 bridgehead atoms. The summed E-state index contributed by atoms with van der Waals surface area (Å²) in [4.78, 5) is 21.2. The van der Waals surface area contributed by atoms with E-state index in [-0.39, 0.29) is 17.9 Å². The molecule has 0 fully saturated rings. The van der Waals surface area contributed by atoms with Crippen LogP contribution in [0.1, 0.15) is 60.6 Å². The van der Waals surface area contributed by atoms with Crippen LogP contribution in [0.2, 0.25) is 0 Å². The topological polar surface area (TPSA) is 75.6 Å². The van der Waals surface area contributed by atoms with Gasteiger partial charge in [0.15, 0.2) is 0 Å². The molecule has 5 nitrogen and oxygen atoms in total. The molecule has 0 saturated heterocycles. The van der Waals surface area contributed by atoms with Crippen LogP contribution in [0.4, 0.5) is 5.69 Å². The van der Waals surface area contributed by atoms with Crippen molar-refractivity contribution in [2.45, 2.75) is 39.2 Å². The van der Waals surface area contributed by atoms with Crippen LogP contribution >= 0.6 is 0 Å². The van der Waals surface area contributed by atoms with Gasteiger partial charge in [0.05, 0.1) is 11.6 Å². The molecule has 1 aliphatic heterocycles. The number of nitrogens with one attached hydrogen (secondary N) is 1. The molecular formula is C26H31NO4. The van der Waals surface area contributed by atoms with Crippen LogP contribution in [0.15, 0.2) is 67.8 Å². The lowest BCUT2D eigenvalue weighted by atomic mass is 9.77. The van der Waals surface area contributed by atoms with E-state index < -0.39 is 5.97 Å². The number of benzene rings is 2. The highest BCUT2D eigenvalue weighted by molar-refractivity contribution is 5.91. The van der Waals surface area contributed by atoms with Gasteiger partial charge in [0, 0.05) is 24.1 Å². The normalized spacial score (nSPS) is 16.8. The summed E-state index contributed by atoms with van der Waals surface area (Å²) >= 11 is 0. The molecule has 3 rings (SSSR count). The Balaban J connectivity index is 0.000000423. The Morgan fingerprint density at radius 1 is 1.19 bits per heavy atom. The molecule has 0 amide bonds. The first-order valence-electron chi connectivity index (χ1n) is 10.5. The van der Waals surface area contributed by atoms with E-state index in [4.69, 9.17) is 0 Å². The zero-order valence-electron chi connectivity index (χ0n) is 18.3. The minimum Gasteiger partial charge on any atom is -0.478 e. The van der Waals surface area contributed by atoms with Crippen molar-refractivity contribution >= 4 is 23.2 Å². The van der Waals surface area contributed by atoms with Gasteiger partial charge in [-0.2, -0.15) is 0 Å². The third-order valence-corrected chi connectivity index (χ3v) is 5.21. The molecule has 2 aromatic rings. The Morgan fingerprint density at radius 3 is 2.45 bits per heavy atom. The fourth-order valence-corrected chi connectivity index (χ4v) is 3.66. The first-order valence-corrected chi connectivity index (χ1v) is 10.5. The predicted molar refractivity (Wildman–Crippen MR) is 125 cm³/mol. The van der Waals surface area contributed by atoms with Crippen LogP contribution in [0.25, 0.3) is 5.57 Å². The Hall–Kier alpha value is -3.34. The highest BCUT2D eigenvalue weighted by Gasteiger charge is 2.32. The van der Waals surface area contributed by atoms with E-state index in [1.807, 2.05) is 12.1 Å². The summed E-state index contributed by atoms with van der Waals surface area (Å²) in [5.41, 5.74) is 4.49. The monoisotopic (exact) mass is 421 g/mol. The predicted octanol–water partition coefficient (Wildman–Crippen LogP) is 6.11. The molecule has 0 aromatic heterocycles. The van der Waals surface area contributed by atoms with Crippen LogP contribution in [0.3, 0.4) is 0 Å². The van der Waals surface area contributed by atoms with E-state index in [0.717, 1.165) is 36.1 Å². The number of carbonyl (C=O) groups is 2. The van der Waals surface area contributed by atoms with Crippen LogP contribution < -0.4 is 5.32 Å². The van der Waals surface area contributed by atoms with Gasteiger partial charge in [0.2, 0.25) is 0 Å². The lowest BCUT2D eigenvalue weighted by molar-refractivity contribution is -0.139. The first-order chi connectivity index (χ1) is 14.9. The molecule has 0 radical (unpaired) electrons. The van der Waals surface area contributed by atoms with Gasteiger partial charge in [0.1, 0.15) is 6.61 Å². The molecule has 0 aliphatic carbocycles. The average molecular weight is 422 g/mol. The minimum atomic E-state index is -0.902. The summed E-state index contributed by atoms with van der Waals surface area (Å²) < 4.78 is 4.43. The maximum Gasteiger partial charge on any atom is 0.335 e. The van der Waals surface area contributed by atoms with Gasteiger partial charge in [-0.15, -0.1) is 0 Å². The second-order valence-electron chi connectivity index (χ2n) is 7.46. The number of unbranched alkanes of at least 4 members (excludes halogenated alkanes) is 1. The number of rotatable bonds is 7. The molecule has 1 heterocycles. The number of hydrogen-bond acceptors (Lipinski definition) is 4. The molecule has 164 valence electrons. The maximum atomic E-state index is 11.3. The lowest BCUT2D eigenvalue weighted by Crippen LogP contribution is -2.27. The zero-order chi connectivity index (χ0) is 22.8. The molecule has 2 atom stereocenters. The Bertz CT molecular complexity index is 920. The van der Waals surface area contributed by atoms with E-state index in [1.54, 1.807) is 12.1 Å². The van der Waals surface area contributed by atoms with Gasteiger partial charge in [-0.3, -0.25) is 4.79 Å². The number of aromatic carboxylic acids is 1. The van der Waals surface area contributed by atoms with Crippen LogP contribution in [0.5, 0.6) is 0 Å². The van der Waals surface area contributed by atoms with Crippen molar-refractivity contribution in [1.82, 2.24) is 0 Å². The minimum absolute atomic E-state index is 0.174. The number of esters is 1. The van der Waals surface area contributed by atoms with Crippen molar-refractivity contribution in [3.63, 3.8) is 0 Å². The molecule has 0 saturated carbocycles. The smallest absolute Gasteiger partial charge is 0.335 e. The number of hydrogen-bond donors (Lipinski definition) is 2. The van der Waals surface area contributed by atoms with Crippen molar-refractivity contribution < 1.29 is 19.4 Å². The number of carboxylic acids is 1. The third-order valence-electron chi connectivity index (χ3n) is 5.21. The highest BCUT2D eigenvalue weighted by Crippen LogP contribution is 2.45. The van der Waals surface area contributed by atoms with Gasteiger partial charge >= 0.3 is 11.9 Å². The maximum absolute atomic E-state index is 11.3. The first kappa shape index (κ1) is 23.9. The van der Waals surface area contributed by atoms with Gasteiger partial charge < -0.3 is 15.2 Å². The zero-order valence-corrected chi connectivity index (χ0v) is 18.3. The fraction of sp³-hybridized carbons (Fsp3) is 0.308. The van der Waals surface area contributed by atoms with Crippen LogP contribution in [-0.2, 0) is 9.53 Å². The van der Waals surface area contributed by atoms with Crippen LogP contribution in [-0.4, -0.2) is 23.7 Å². The summed E-state index contributed by atoms with van der Waals surface area (Å²) in [6.45, 7) is 11.6. The number of carbonyl (C=O) groups excluding carboxylic acids is 1. The Kier molecular flexibility index (Phi) is 9.07. The van der Waals surface area contributed by atoms with Gasteiger partial charge in [-0.25, -0.2) is 4.79 Å². The van der Waals surface area contributed by atoms with E-state index in [0.29, 0.717) is 12.2 Å². The van der Waals surface area contributed by atoms with E-state index in [1.165, 1.54) is 18.6 Å². The van der Waals surface area contributed by atoms with Gasteiger partial charge in [-0.05, 0) is 35.8 Å². The summed E-state index contributed by atoms with van der Waals surface area (Å²) in [5, 5.41) is 12.9. The van der Waals surface area contributed by atoms with Crippen molar-refractivity contribution in [2.75, 3.05) is 11.9 Å². The van der Waals surface area contributed by atoms with E-state index in [9.17, 15) is 14.7 Å². The number of fused-ring (bicyclic) bond motifs is 1. The van der Waals surface area contributed by atoms with Crippen LogP contribution in [0, 0.1) is 5.92 Å². The molecule has 31 heavy (non-hydrogen) atoms. The highest BCUT2D eigenvalue weighted by atomic mass is 16.5. The molecule has 0 spiro atoms. The summed E-state index contributed by atoms with van der Waals surface area (Å²) in [6, 6.07) is 15.8. The summed E-state index contributed by atoms with van der Waals surface area (Å²) in [6.07, 6.45) is 4.83. The summed E-state index contributed by atoms with van der Waals surface area (Å²) in [5.74, 6) is -0.898. The van der Waals surface area contributed by atoms with Gasteiger partial charge in [-0.1, -0.05) is 69.3 Å². The quantitative estimate of drug-likeness (QED) is 0.417. The molecule has 1 aliphatic rings. The second kappa shape index (κ2) is 11.7. The Labute approximate surface area is 184 Å². The molecule has 2 N–H and O–H groups in total. The Morgan fingerprint density at radius 2 is 1.90 bits per heavy atom. The van der Waals surface area contributed by atoms with Gasteiger partial charge in [0.25, 0.3) is 0 Å². The second-order valence-corrected chi connectivity index (χ2v) is 7.46. The average Bonchev–Trinajstić information content (AvgIpc) is 2.77. The molecule has 5 heteroatoms. The van der Waals surface area contributed by atoms with Crippen molar-refractivity contribution in [2.24, 2.45) is 5.92 Å². The van der Waals surface area contributed by atoms with Crippen molar-refractivity contribution in [3.8, 4) is 0 Å². The van der Waals surface area contributed by atoms with E-state index >= 15 is 0 Å². The number of anilines is 1. The van der Waals surface area contributed by atoms with Crippen molar-refractivity contribution in [1.29, 1.82) is 0 Å². The third kappa shape index (κ3) is 6.57. The van der Waals surface area contributed by atoms with Crippen molar-refractivity contribution in [3.05, 3.63) is 84.5 Å². The largest absolute Gasteiger partial charge is 0.478 e.